The van der Waals surface area contributed by atoms with E-state index in [4.69, 9.17) is 0 Å². The second-order valence-corrected chi connectivity index (χ2v) is 4.79. The molecule has 0 bridgehead atoms. The van der Waals surface area contributed by atoms with Crippen molar-refractivity contribution in [3.05, 3.63) is 48.8 Å². The first-order valence-electron chi connectivity index (χ1n) is 6.43. The van der Waals surface area contributed by atoms with Crippen molar-refractivity contribution in [2.75, 3.05) is 5.32 Å². The number of fused-ring (bicyclic) bond motifs is 1. The van der Waals surface area contributed by atoms with Crippen LogP contribution in [0.4, 0.5) is 5.69 Å². The SMILES string of the molecule is CC(=O)Nc1cc(-c2ccccc2)c2c(c1)ncn2C. The number of hydrogen-bond acceptors (Lipinski definition) is 2. The number of benzene rings is 2. The third kappa shape index (κ3) is 2.16. The van der Waals surface area contributed by atoms with Crippen molar-refractivity contribution in [1.82, 2.24) is 9.55 Å². The molecule has 1 amide bonds. The fraction of sp³-hybridized carbons (Fsp3) is 0.125. The van der Waals surface area contributed by atoms with Crippen molar-refractivity contribution >= 4 is 22.6 Å². The number of carbonyl (C=O) groups excluding carboxylic acids is 1. The molecule has 20 heavy (non-hydrogen) atoms. The lowest BCUT2D eigenvalue weighted by Gasteiger charge is -2.09. The predicted molar refractivity (Wildman–Crippen MR) is 80.5 cm³/mol. The molecule has 0 saturated heterocycles. The molecule has 3 aromatic rings. The van der Waals surface area contributed by atoms with Crippen molar-refractivity contribution in [2.45, 2.75) is 6.92 Å². The maximum absolute atomic E-state index is 11.3. The molecule has 0 aliphatic carbocycles. The molecule has 0 unspecified atom stereocenters. The van der Waals surface area contributed by atoms with Gasteiger partial charge in [-0.1, -0.05) is 30.3 Å². The highest BCUT2D eigenvalue weighted by molar-refractivity contribution is 5.98. The number of aryl methyl sites for hydroxylation is 1. The summed E-state index contributed by atoms with van der Waals surface area (Å²) in [6.07, 6.45) is 1.79. The van der Waals surface area contributed by atoms with E-state index < -0.39 is 0 Å². The third-order valence-electron chi connectivity index (χ3n) is 3.22. The molecule has 0 atom stereocenters. The molecule has 0 aliphatic heterocycles. The molecule has 0 spiro atoms. The van der Waals surface area contributed by atoms with Crippen LogP contribution < -0.4 is 5.32 Å². The van der Waals surface area contributed by atoms with Gasteiger partial charge in [-0.2, -0.15) is 0 Å². The zero-order chi connectivity index (χ0) is 14.1. The van der Waals surface area contributed by atoms with Crippen LogP contribution in [0.5, 0.6) is 0 Å². The molecule has 100 valence electrons. The van der Waals surface area contributed by atoms with E-state index in [1.165, 1.54) is 6.92 Å². The van der Waals surface area contributed by atoms with Crippen LogP contribution in [0.25, 0.3) is 22.2 Å². The molecule has 4 heteroatoms. The van der Waals surface area contributed by atoms with Gasteiger partial charge in [-0.05, 0) is 17.7 Å². The smallest absolute Gasteiger partial charge is 0.221 e. The van der Waals surface area contributed by atoms with Gasteiger partial charge in [-0.3, -0.25) is 4.79 Å². The summed E-state index contributed by atoms with van der Waals surface area (Å²) in [6.45, 7) is 1.50. The van der Waals surface area contributed by atoms with E-state index in [0.717, 1.165) is 27.8 Å². The van der Waals surface area contributed by atoms with Crippen molar-refractivity contribution < 1.29 is 4.79 Å². The molecule has 2 aromatic carbocycles. The standard InChI is InChI=1S/C16H15N3O/c1-11(20)18-13-8-14(12-6-4-3-5-7-12)16-15(9-13)17-10-19(16)2/h3-10H,1-2H3,(H,18,20). The topological polar surface area (TPSA) is 46.9 Å². The van der Waals surface area contributed by atoms with E-state index in [1.807, 2.05) is 41.9 Å². The van der Waals surface area contributed by atoms with Gasteiger partial charge in [0, 0.05) is 25.2 Å². The van der Waals surface area contributed by atoms with Crippen LogP contribution in [-0.2, 0) is 11.8 Å². The molecule has 0 aliphatic rings. The minimum absolute atomic E-state index is 0.0840. The van der Waals surface area contributed by atoms with Gasteiger partial charge in [0.05, 0.1) is 17.4 Å². The lowest BCUT2D eigenvalue weighted by molar-refractivity contribution is -0.114. The largest absolute Gasteiger partial charge is 0.333 e. The zero-order valence-corrected chi connectivity index (χ0v) is 11.4. The fourth-order valence-electron chi connectivity index (χ4n) is 2.41. The Morgan fingerprint density at radius 2 is 1.95 bits per heavy atom. The van der Waals surface area contributed by atoms with Gasteiger partial charge in [0.2, 0.25) is 5.91 Å². The summed E-state index contributed by atoms with van der Waals surface area (Å²) in [5.41, 5.74) is 4.87. The number of aromatic nitrogens is 2. The Morgan fingerprint density at radius 3 is 2.65 bits per heavy atom. The number of nitrogens with one attached hydrogen (secondary N) is 1. The predicted octanol–water partition coefficient (Wildman–Crippen LogP) is 3.20. The number of rotatable bonds is 2. The Hall–Kier alpha value is -2.62. The molecule has 3 rings (SSSR count). The number of carbonyl (C=O) groups is 1. The van der Waals surface area contributed by atoms with Gasteiger partial charge < -0.3 is 9.88 Å². The summed E-state index contributed by atoms with van der Waals surface area (Å²) in [4.78, 5) is 15.6. The number of hydrogen-bond donors (Lipinski definition) is 1. The minimum Gasteiger partial charge on any atom is -0.333 e. The second-order valence-electron chi connectivity index (χ2n) is 4.79. The summed E-state index contributed by atoms with van der Waals surface area (Å²) in [7, 11) is 1.97. The average molecular weight is 265 g/mol. The monoisotopic (exact) mass is 265 g/mol. The van der Waals surface area contributed by atoms with E-state index in [1.54, 1.807) is 6.33 Å². The van der Waals surface area contributed by atoms with Crippen LogP contribution >= 0.6 is 0 Å². The van der Waals surface area contributed by atoms with Crippen LogP contribution in [0.1, 0.15) is 6.92 Å². The molecule has 0 radical (unpaired) electrons. The summed E-state index contributed by atoms with van der Waals surface area (Å²) in [5, 5.41) is 2.83. The van der Waals surface area contributed by atoms with E-state index in [9.17, 15) is 4.79 Å². The number of nitrogens with zero attached hydrogens (tertiary/aromatic N) is 2. The third-order valence-corrected chi connectivity index (χ3v) is 3.22. The maximum atomic E-state index is 11.3. The highest BCUT2D eigenvalue weighted by Gasteiger charge is 2.11. The van der Waals surface area contributed by atoms with Crippen LogP contribution in [0, 0.1) is 0 Å². The Balaban J connectivity index is 2.27. The molecule has 0 fully saturated rings. The summed E-state index contributed by atoms with van der Waals surface area (Å²) in [6, 6.07) is 14.0. The van der Waals surface area contributed by atoms with Crippen LogP contribution in [0.15, 0.2) is 48.8 Å². The van der Waals surface area contributed by atoms with Gasteiger partial charge in [0.25, 0.3) is 0 Å². The Bertz CT molecular complexity index is 775. The van der Waals surface area contributed by atoms with Gasteiger partial charge in [0.15, 0.2) is 0 Å². The normalized spacial score (nSPS) is 10.7. The van der Waals surface area contributed by atoms with E-state index >= 15 is 0 Å². The Kier molecular flexibility index (Phi) is 2.99. The van der Waals surface area contributed by atoms with Crippen LogP contribution in [0.2, 0.25) is 0 Å². The summed E-state index contributed by atoms with van der Waals surface area (Å²) >= 11 is 0. The molecule has 0 saturated carbocycles. The minimum atomic E-state index is -0.0840. The van der Waals surface area contributed by atoms with Gasteiger partial charge >= 0.3 is 0 Å². The molecule has 1 heterocycles. The lowest BCUT2D eigenvalue weighted by atomic mass is 10.0. The maximum Gasteiger partial charge on any atom is 0.221 e. The Morgan fingerprint density at radius 1 is 1.20 bits per heavy atom. The van der Waals surface area contributed by atoms with Crippen LogP contribution in [-0.4, -0.2) is 15.5 Å². The summed E-state index contributed by atoms with van der Waals surface area (Å²) < 4.78 is 2.00. The highest BCUT2D eigenvalue weighted by Crippen LogP contribution is 2.31. The van der Waals surface area contributed by atoms with Gasteiger partial charge in [0.1, 0.15) is 0 Å². The molecule has 1 N–H and O–H groups in total. The molecular weight excluding hydrogens is 250 g/mol. The highest BCUT2D eigenvalue weighted by atomic mass is 16.1. The van der Waals surface area contributed by atoms with Crippen molar-refractivity contribution in [2.24, 2.45) is 7.05 Å². The van der Waals surface area contributed by atoms with E-state index in [0.29, 0.717) is 0 Å². The fourth-order valence-corrected chi connectivity index (χ4v) is 2.41. The average Bonchev–Trinajstić information content (AvgIpc) is 2.80. The number of amides is 1. The quantitative estimate of drug-likeness (QED) is 0.773. The van der Waals surface area contributed by atoms with Crippen molar-refractivity contribution in [3.63, 3.8) is 0 Å². The zero-order valence-electron chi connectivity index (χ0n) is 11.4. The first kappa shape index (κ1) is 12.4. The van der Waals surface area contributed by atoms with E-state index in [2.05, 4.69) is 22.4 Å². The summed E-state index contributed by atoms with van der Waals surface area (Å²) in [5.74, 6) is -0.0840. The van der Waals surface area contributed by atoms with Gasteiger partial charge in [-0.25, -0.2) is 4.98 Å². The number of imidazole rings is 1. The number of anilines is 1. The lowest BCUT2D eigenvalue weighted by Crippen LogP contribution is -2.06. The molecular formula is C16H15N3O. The van der Waals surface area contributed by atoms with Gasteiger partial charge in [-0.15, -0.1) is 0 Å². The molecule has 1 aromatic heterocycles. The molecule has 4 nitrogen and oxygen atoms in total. The van der Waals surface area contributed by atoms with Crippen molar-refractivity contribution in [1.29, 1.82) is 0 Å². The van der Waals surface area contributed by atoms with E-state index in [-0.39, 0.29) is 5.91 Å². The van der Waals surface area contributed by atoms with Crippen molar-refractivity contribution in [3.8, 4) is 11.1 Å². The first-order chi connectivity index (χ1) is 9.65. The Labute approximate surface area is 117 Å². The second kappa shape index (κ2) is 4.81. The van der Waals surface area contributed by atoms with Crippen LogP contribution in [0.3, 0.4) is 0 Å². The first-order valence-corrected chi connectivity index (χ1v) is 6.43.